The Bertz CT molecular complexity index is 993. The first-order valence-corrected chi connectivity index (χ1v) is 10.7. The van der Waals surface area contributed by atoms with E-state index in [0.29, 0.717) is 64.2 Å². The number of halogens is 3. The van der Waals surface area contributed by atoms with Crippen LogP contribution in [0.1, 0.15) is 5.56 Å². The van der Waals surface area contributed by atoms with E-state index in [1.165, 1.54) is 6.07 Å². The monoisotopic (exact) mass is 485 g/mol. The van der Waals surface area contributed by atoms with Crippen molar-refractivity contribution in [3.8, 4) is 0 Å². The average Bonchev–Trinajstić information content (AvgIpc) is 2.83. The zero-order chi connectivity index (χ0) is 24.5. The van der Waals surface area contributed by atoms with Crippen LogP contribution < -0.4 is 25.2 Å². The van der Waals surface area contributed by atoms with E-state index in [2.05, 4.69) is 4.90 Å². The fourth-order valence-corrected chi connectivity index (χ4v) is 4.27. The molecule has 0 spiro atoms. The topological polar surface area (TPSA) is 106 Å². The first kappa shape index (κ1) is 24.2. The molecular formula is C21H26F3N5O5. The minimum absolute atomic E-state index is 0.0915. The van der Waals surface area contributed by atoms with Crippen LogP contribution in [0.4, 0.5) is 41.6 Å². The van der Waals surface area contributed by atoms with Crippen molar-refractivity contribution >= 4 is 28.4 Å². The lowest BCUT2D eigenvalue weighted by molar-refractivity contribution is -0.137. The summed E-state index contributed by atoms with van der Waals surface area (Å²) in [4.78, 5) is 5.86. The molecule has 4 N–H and O–H groups in total. The van der Waals surface area contributed by atoms with Crippen LogP contribution in [0.3, 0.4) is 0 Å². The molecule has 0 radical (unpaired) electrons. The van der Waals surface area contributed by atoms with Gasteiger partial charge in [-0.05, 0) is 36.4 Å². The Kier molecular flexibility index (Phi) is 6.91. The molecule has 2 aromatic rings. The summed E-state index contributed by atoms with van der Waals surface area (Å²) >= 11 is 0. The third kappa shape index (κ3) is 5.08. The van der Waals surface area contributed by atoms with Crippen LogP contribution in [-0.4, -0.2) is 73.3 Å². The molecule has 4 rings (SSSR count). The molecule has 2 aromatic carbocycles. The molecule has 0 aliphatic carbocycles. The Morgan fingerprint density at radius 3 is 1.85 bits per heavy atom. The fraction of sp³-hybridized carbons (Fsp3) is 0.429. The van der Waals surface area contributed by atoms with Gasteiger partial charge in [0, 0.05) is 45.0 Å². The summed E-state index contributed by atoms with van der Waals surface area (Å²) in [6.07, 6.45) is -4.61. The lowest BCUT2D eigenvalue weighted by atomic mass is 10.1. The number of ether oxygens (including phenoxy) is 1. The van der Waals surface area contributed by atoms with Gasteiger partial charge in [-0.1, -0.05) is 0 Å². The Morgan fingerprint density at radius 2 is 1.26 bits per heavy atom. The first-order valence-electron chi connectivity index (χ1n) is 10.7. The van der Waals surface area contributed by atoms with Gasteiger partial charge in [-0.3, -0.25) is 20.8 Å². The van der Waals surface area contributed by atoms with Crippen LogP contribution in [0.15, 0.2) is 36.4 Å². The summed E-state index contributed by atoms with van der Waals surface area (Å²) in [6, 6.07) is 8.08. The minimum atomic E-state index is -4.61. The zero-order valence-electron chi connectivity index (χ0n) is 18.2. The highest BCUT2D eigenvalue weighted by atomic mass is 19.4. The number of hydrogen-bond acceptors (Lipinski definition) is 10. The molecule has 0 saturated carbocycles. The molecule has 186 valence electrons. The molecule has 2 aliphatic rings. The molecule has 0 amide bonds. The maximum absolute atomic E-state index is 13.0. The van der Waals surface area contributed by atoms with Gasteiger partial charge in [0.15, 0.2) is 0 Å². The smallest absolute Gasteiger partial charge is 0.378 e. The van der Waals surface area contributed by atoms with Gasteiger partial charge >= 0.3 is 6.18 Å². The van der Waals surface area contributed by atoms with E-state index in [4.69, 9.17) is 4.74 Å². The highest BCUT2D eigenvalue weighted by molar-refractivity contribution is 5.75. The van der Waals surface area contributed by atoms with Crippen molar-refractivity contribution < 1.29 is 38.7 Å². The summed E-state index contributed by atoms with van der Waals surface area (Å²) < 4.78 is 44.5. The number of hydrogen-bond donors (Lipinski definition) is 4. The lowest BCUT2D eigenvalue weighted by Crippen LogP contribution is -2.47. The van der Waals surface area contributed by atoms with Crippen LogP contribution in [0.5, 0.6) is 0 Å². The summed E-state index contributed by atoms with van der Waals surface area (Å²) in [5.41, 5.74) is 0.686. The molecule has 13 heteroatoms. The van der Waals surface area contributed by atoms with Crippen molar-refractivity contribution in [1.29, 1.82) is 0 Å². The Hall–Kier alpha value is -2.97. The van der Waals surface area contributed by atoms with Gasteiger partial charge in [0.1, 0.15) is 11.4 Å². The van der Waals surface area contributed by atoms with Crippen LogP contribution in [0.25, 0.3) is 0 Å². The molecule has 0 atom stereocenters. The quantitative estimate of drug-likeness (QED) is 0.472. The van der Waals surface area contributed by atoms with Gasteiger partial charge in [-0.15, -0.1) is 10.5 Å². The summed E-state index contributed by atoms with van der Waals surface area (Å²) in [5, 5.41) is 38.1. The highest BCUT2D eigenvalue weighted by Crippen LogP contribution is 2.38. The standard InChI is InChI=1S/C21H26F3N5O5/c22-21(23,24)15-1-3-17(20(13-15)29(32)33)26-7-5-25(6-8-26)16-2-4-18(28(30)31)19(14-16)27-9-11-34-12-10-27/h1-4,13-14,30-33H,5-12H2. The number of nitrogens with zero attached hydrogens (tertiary/aromatic N) is 5. The molecule has 0 bridgehead atoms. The number of rotatable bonds is 5. The summed E-state index contributed by atoms with van der Waals surface area (Å²) in [6.45, 7) is 4.15. The van der Waals surface area contributed by atoms with E-state index in [0.717, 1.165) is 11.8 Å². The second-order valence-electron chi connectivity index (χ2n) is 8.03. The second-order valence-corrected chi connectivity index (χ2v) is 8.03. The molecule has 0 aromatic heterocycles. The summed E-state index contributed by atoms with van der Waals surface area (Å²) in [7, 11) is 0. The van der Waals surface area contributed by atoms with Gasteiger partial charge in [-0.25, -0.2) is 0 Å². The predicted molar refractivity (Wildman–Crippen MR) is 117 cm³/mol. The van der Waals surface area contributed by atoms with Crippen LogP contribution >= 0.6 is 0 Å². The molecule has 2 aliphatic heterocycles. The lowest BCUT2D eigenvalue weighted by Gasteiger charge is -2.39. The second kappa shape index (κ2) is 9.72. The van der Waals surface area contributed by atoms with Gasteiger partial charge in [0.2, 0.25) is 0 Å². The average molecular weight is 485 g/mol. The first-order chi connectivity index (χ1) is 16.1. The number of alkyl halides is 3. The maximum Gasteiger partial charge on any atom is 0.416 e. The van der Waals surface area contributed by atoms with Crippen molar-refractivity contribution in [2.45, 2.75) is 6.18 Å². The van der Waals surface area contributed by atoms with Crippen molar-refractivity contribution in [2.75, 3.05) is 77.6 Å². The molecule has 2 fully saturated rings. The van der Waals surface area contributed by atoms with Crippen molar-refractivity contribution in [1.82, 2.24) is 0 Å². The van der Waals surface area contributed by atoms with Crippen molar-refractivity contribution in [3.63, 3.8) is 0 Å². The molecule has 10 nitrogen and oxygen atoms in total. The van der Waals surface area contributed by atoms with Crippen molar-refractivity contribution in [2.24, 2.45) is 0 Å². The largest absolute Gasteiger partial charge is 0.416 e. The molecule has 34 heavy (non-hydrogen) atoms. The third-order valence-electron chi connectivity index (χ3n) is 6.03. The van der Waals surface area contributed by atoms with Gasteiger partial charge in [0.05, 0.1) is 30.2 Å². The van der Waals surface area contributed by atoms with E-state index < -0.39 is 11.7 Å². The minimum Gasteiger partial charge on any atom is -0.378 e. The Balaban J connectivity index is 1.52. The van der Waals surface area contributed by atoms with Gasteiger partial charge < -0.3 is 19.4 Å². The fourth-order valence-electron chi connectivity index (χ4n) is 4.27. The SMILES string of the molecule is ON(O)c1ccc(N2CCN(c3ccc(C(F)(F)F)cc3N(O)O)CC2)cc1N1CCOCC1. The Morgan fingerprint density at radius 1 is 0.676 bits per heavy atom. The highest BCUT2D eigenvalue weighted by Gasteiger charge is 2.32. The Labute approximate surface area is 193 Å². The van der Waals surface area contributed by atoms with E-state index in [-0.39, 0.29) is 27.5 Å². The molecular weight excluding hydrogens is 459 g/mol. The maximum atomic E-state index is 13.0. The zero-order valence-corrected chi connectivity index (χ0v) is 18.2. The molecule has 2 saturated heterocycles. The van der Waals surface area contributed by atoms with E-state index in [1.54, 1.807) is 17.0 Å². The third-order valence-corrected chi connectivity index (χ3v) is 6.03. The normalized spacial score (nSPS) is 17.2. The molecule has 0 unspecified atom stereocenters. The predicted octanol–water partition coefficient (Wildman–Crippen LogP) is 3.04. The number of anilines is 5. The van der Waals surface area contributed by atoms with E-state index in [1.807, 2.05) is 11.0 Å². The summed E-state index contributed by atoms with van der Waals surface area (Å²) in [5.74, 6) is 0. The van der Waals surface area contributed by atoms with Gasteiger partial charge in [0.25, 0.3) is 0 Å². The van der Waals surface area contributed by atoms with Crippen LogP contribution in [-0.2, 0) is 10.9 Å². The molecule has 2 heterocycles. The van der Waals surface area contributed by atoms with Gasteiger partial charge in [-0.2, -0.15) is 13.2 Å². The van der Waals surface area contributed by atoms with E-state index in [9.17, 15) is 34.0 Å². The number of piperazine rings is 1. The number of benzene rings is 2. The van der Waals surface area contributed by atoms with Crippen LogP contribution in [0, 0.1) is 0 Å². The number of morpholine rings is 1. The van der Waals surface area contributed by atoms with E-state index >= 15 is 0 Å². The van der Waals surface area contributed by atoms with Crippen LogP contribution in [0.2, 0.25) is 0 Å². The van der Waals surface area contributed by atoms with Crippen molar-refractivity contribution in [3.05, 3.63) is 42.0 Å².